The second-order valence-electron chi connectivity index (χ2n) is 14.8. The Kier molecular flexibility index (Phi) is 5.77. The molecule has 260 valence electrons. The molecule has 0 fully saturated rings. The number of aromatic nitrogens is 3. The van der Waals surface area contributed by atoms with Crippen LogP contribution in [0.3, 0.4) is 0 Å². The molecule has 0 atom stereocenters. The minimum atomic E-state index is -0.566. The quantitative estimate of drug-likeness (QED) is 0.179. The fourth-order valence-corrected chi connectivity index (χ4v) is 9.79. The van der Waals surface area contributed by atoms with E-state index >= 15 is 0 Å². The van der Waals surface area contributed by atoms with Gasteiger partial charge in [0, 0.05) is 27.5 Å². The van der Waals surface area contributed by atoms with Gasteiger partial charge in [-0.05, 0) is 69.4 Å². The van der Waals surface area contributed by atoms with Gasteiger partial charge in [0.2, 0.25) is 5.95 Å². The lowest BCUT2D eigenvalue weighted by Crippen LogP contribution is -2.32. The molecule has 1 spiro atoms. The maximum atomic E-state index is 7.15. The topological polar surface area (TPSA) is 53.1 Å². The van der Waals surface area contributed by atoms with Gasteiger partial charge in [-0.2, -0.15) is 0 Å². The summed E-state index contributed by atoms with van der Waals surface area (Å²) in [5, 5.41) is 5.36. The van der Waals surface area contributed by atoms with Crippen LogP contribution in [0.5, 0.6) is 11.5 Å². The fraction of sp³-hybridized carbons (Fsp3) is 0.0196. The highest BCUT2D eigenvalue weighted by molar-refractivity contribution is 6.14. The van der Waals surface area contributed by atoms with E-state index in [0.717, 1.165) is 77.6 Å². The maximum Gasteiger partial charge on any atom is 0.236 e. The molecule has 56 heavy (non-hydrogen) atoms. The largest absolute Gasteiger partial charge is 0.456 e. The highest BCUT2D eigenvalue weighted by Crippen LogP contribution is 2.63. The van der Waals surface area contributed by atoms with Gasteiger partial charge in [0.1, 0.15) is 28.3 Å². The second kappa shape index (κ2) is 10.8. The number of para-hydroxylation sites is 3. The first kappa shape index (κ1) is 29.9. The van der Waals surface area contributed by atoms with Crippen LogP contribution in [0.1, 0.15) is 22.3 Å². The van der Waals surface area contributed by atoms with Crippen LogP contribution in [0.2, 0.25) is 0 Å². The third kappa shape index (κ3) is 3.74. The molecule has 1 aliphatic heterocycles. The highest BCUT2D eigenvalue weighted by atomic mass is 16.5. The van der Waals surface area contributed by atoms with Crippen LogP contribution >= 0.6 is 0 Å². The molecule has 1 aliphatic carbocycles. The van der Waals surface area contributed by atoms with Gasteiger partial charge in [-0.25, -0.2) is 9.97 Å². The molecule has 13 rings (SSSR count). The summed E-state index contributed by atoms with van der Waals surface area (Å²) in [6, 6.07) is 62.3. The van der Waals surface area contributed by atoms with Crippen LogP contribution in [0.4, 0.5) is 0 Å². The number of hydrogen-bond donors (Lipinski definition) is 0. The lowest BCUT2D eigenvalue weighted by Gasteiger charge is -2.39. The van der Waals surface area contributed by atoms with Crippen LogP contribution in [-0.2, 0) is 5.41 Å². The minimum Gasteiger partial charge on any atom is -0.456 e. The molecular weight excluding hydrogens is 687 g/mol. The first-order valence-electron chi connectivity index (χ1n) is 19.0. The molecule has 0 amide bonds. The Morgan fingerprint density at radius 3 is 2.02 bits per heavy atom. The van der Waals surface area contributed by atoms with Crippen molar-refractivity contribution in [1.82, 2.24) is 14.5 Å². The van der Waals surface area contributed by atoms with E-state index in [4.69, 9.17) is 19.1 Å². The Balaban J connectivity index is 1.14. The highest BCUT2D eigenvalue weighted by Gasteiger charge is 2.51. The van der Waals surface area contributed by atoms with Crippen LogP contribution in [0.25, 0.3) is 83.0 Å². The number of benzene rings is 8. The normalized spacial score (nSPS) is 13.6. The molecule has 8 aromatic carbocycles. The van der Waals surface area contributed by atoms with Crippen LogP contribution in [0.15, 0.2) is 180 Å². The number of ether oxygens (including phenoxy) is 1. The molecule has 4 heterocycles. The Bertz CT molecular complexity index is 3440. The Hall–Kier alpha value is -7.50. The summed E-state index contributed by atoms with van der Waals surface area (Å²) in [6.45, 7) is 0. The number of rotatable bonds is 2. The van der Waals surface area contributed by atoms with Crippen molar-refractivity contribution in [2.45, 2.75) is 5.41 Å². The van der Waals surface area contributed by atoms with Crippen molar-refractivity contribution < 1.29 is 9.15 Å². The third-order valence-electron chi connectivity index (χ3n) is 12.1. The van der Waals surface area contributed by atoms with Crippen molar-refractivity contribution in [3.8, 4) is 39.8 Å². The van der Waals surface area contributed by atoms with Crippen LogP contribution in [-0.4, -0.2) is 14.5 Å². The van der Waals surface area contributed by atoms with E-state index < -0.39 is 5.41 Å². The van der Waals surface area contributed by atoms with Crippen molar-refractivity contribution >= 4 is 54.6 Å². The zero-order chi connectivity index (χ0) is 36.5. The van der Waals surface area contributed by atoms with E-state index in [1.54, 1.807) is 0 Å². The molecule has 5 heteroatoms. The standard InChI is InChI=1S/C51H29N3O2/c1-2-14-31-29-32(26-25-30(31)13-1)46-49-47(36-18-6-11-23-43(36)55-49)53-50(52-46)54-41-22-10-5-17-35(41)45-42(54)28-27-40-48(45)56-44-24-12-9-21-39(44)51(40)37-19-7-3-15-33(37)34-16-4-8-20-38(34)51/h1-29H. The van der Waals surface area contributed by atoms with Crippen molar-refractivity contribution in [3.05, 3.63) is 198 Å². The first-order valence-corrected chi connectivity index (χ1v) is 19.0. The van der Waals surface area contributed by atoms with Crippen molar-refractivity contribution in [3.63, 3.8) is 0 Å². The second-order valence-corrected chi connectivity index (χ2v) is 14.8. The van der Waals surface area contributed by atoms with Gasteiger partial charge in [0.15, 0.2) is 5.58 Å². The molecule has 11 aromatic rings. The minimum absolute atomic E-state index is 0.566. The first-order chi connectivity index (χ1) is 27.8. The summed E-state index contributed by atoms with van der Waals surface area (Å²) in [5.41, 5.74) is 12.7. The number of furan rings is 1. The van der Waals surface area contributed by atoms with E-state index in [1.165, 1.54) is 27.6 Å². The molecule has 0 N–H and O–H groups in total. The van der Waals surface area contributed by atoms with E-state index in [9.17, 15) is 0 Å². The van der Waals surface area contributed by atoms with Gasteiger partial charge in [-0.1, -0.05) is 140 Å². The van der Waals surface area contributed by atoms with Gasteiger partial charge < -0.3 is 9.15 Å². The summed E-state index contributed by atoms with van der Waals surface area (Å²) >= 11 is 0. The number of hydrogen-bond acceptors (Lipinski definition) is 4. The van der Waals surface area contributed by atoms with Gasteiger partial charge in [-0.15, -0.1) is 0 Å². The Morgan fingerprint density at radius 1 is 0.500 bits per heavy atom. The van der Waals surface area contributed by atoms with E-state index in [-0.39, 0.29) is 0 Å². The fourth-order valence-electron chi connectivity index (χ4n) is 9.79. The summed E-state index contributed by atoms with van der Waals surface area (Å²) in [4.78, 5) is 10.8. The molecule has 0 saturated heterocycles. The zero-order valence-electron chi connectivity index (χ0n) is 29.9. The SMILES string of the molecule is c1ccc2c(c1)Oc1c(ccc3c1c1ccccc1n3-c1nc(-c3ccc4ccccc4c3)c3oc4ccccc4c3n1)C21c2ccccc2-c2ccccc21. The molecule has 0 unspecified atom stereocenters. The number of nitrogens with zero attached hydrogens (tertiary/aromatic N) is 3. The Morgan fingerprint density at radius 2 is 1.18 bits per heavy atom. The monoisotopic (exact) mass is 715 g/mol. The van der Waals surface area contributed by atoms with Gasteiger partial charge in [0.05, 0.1) is 21.8 Å². The predicted octanol–water partition coefficient (Wildman–Crippen LogP) is 12.8. The molecule has 0 radical (unpaired) electrons. The summed E-state index contributed by atoms with van der Waals surface area (Å²) < 4.78 is 15.9. The van der Waals surface area contributed by atoms with E-state index in [1.807, 2.05) is 18.2 Å². The molecule has 0 bridgehead atoms. The molecule has 2 aliphatic rings. The summed E-state index contributed by atoms with van der Waals surface area (Å²) in [5.74, 6) is 2.28. The number of fused-ring (bicyclic) bond motifs is 17. The summed E-state index contributed by atoms with van der Waals surface area (Å²) in [6.07, 6.45) is 0. The van der Waals surface area contributed by atoms with Crippen LogP contribution < -0.4 is 4.74 Å². The van der Waals surface area contributed by atoms with Gasteiger partial charge >= 0.3 is 0 Å². The van der Waals surface area contributed by atoms with Gasteiger partial charge in [-0.3, -0.25) is 4.57 Å². The smallest absolute Gasteiger partial charge is 0.236 e. The summed E-state index contributed by atoms with van der Waals surface area (Å²) in [7, 11) is 0. The van der Waals surface area contributed by atoms with E-state index in [2.05, 4.69) is 162 Å². The average molecular weight is 716 g/mol. The maximum absolute atomic E-state index is 7.15. The Labute approximate surface area is 320 Å². The van der Waals surface area contributed by atoms with Crippen LogP contribution in [0, 0.1) is 0 Å². The van der Waals surface area contributed by atoms with Crippen molar-refractivity contribution in [2.75, 3.05) is 0 Å². The lowest BCUT2D eigenvalue weighted by molar-refractivity contribution is 0.442. The van der Waals surface area contributed by atoms with Crippen molar-refractivity contribution in [1.29, 1.82) is 0 Å². The zero-order valence-corrected chi connectivity index (χ0v) is 29.9. The molecule has 0 saturated carbocycles. The predicted molar refractivity (Wildman–Crippen MR) is 224 cm³/mol. The molecular formula is C51H29N3O2. The molecule has 5 nitrogen and oxygen atoms in total. The average Bonchev–Trinajstić information content (AvgIpc) is 3.90. The van der Waals surface area contributed by atoms with E-state index in [0.29, 0.717) is 11.5 Å². The lowest BCUT2D eigenvalue weighted by atomic mass is 9.66. The molecule has 3 aromatic heterocycles. The van der Waals surface area contributed by atoms with Gasteiger partial charge in [0.25, 0.3) is 0 Å². The van der Waals surface area contributed by atoms with Crippen molar-refractivity contribution in [2.24, 2.45) is 0 Å². The third-order valence-corrected chi connectivity index (χ3v) is 12.1.